The maximum absolute atomic E-state index is 12.0. The first-order valence-corrected chi connectivity index (χ1v) is 7.75. The van der Waals surface area contributed by atoms with Crippen LogP contribution in [0.25, 0.3) is 0 Å². The Hall–Kier alpha value is -2.62. The highest BCUT2D eigenvalue weighted by Gasteiger charge is 2.15. The van der Waals surface area contributed by atoms with E-state index in [4.69, 9.17) is 4.74 Å². The van der Waals surface area contributed by atoms with Crippen LogP contribution in [-0.2, 0) is 16.1 Å². The van der Waals surface area contributed by atoms with Gasteiger partial charge >= 0.3 is 6.09 Å². The molecule has 1 atom stereocenters. The highest BCUT2D eigenvalue weighted by atomic mass is 16.5. The molecule has 1 amide bonds. The van der Waals surface area contributed by atoms with Gasteiger partial charge in [-0.25, -0.2) is 4.79 Å². The third-order valence-corrected chi connectivity index (χ3v) is 3.52. The van der Waals surface area contributed by atoms with Gasteiger partial charge in [-0.15, -0.1) is 0 Å². The first-order valence-electron chi connectivity index (χ1n) is 7.75. The van der Waals surface area contributed by atoms with E-state index in [-0.39, 0.29) is 12.6 Å². The van der Waals surface area contributed by atoms with Crippen LogP contribution >= 0.6 is 0 Å². The molecule has 0 spiro atoms. The second-order valence-corrected chi connectivity index (χ2v) is 5.27. The molecule has 4 heteroatoms. The summed E-state index contributed by atoms with van der Waals surface area (Å²) >= 11 is 0. The van der Waals surface area contributed by atoms with Crippen LogP contribution in [0.5, 0.6) is 0 Å². The van der Waals surface area contributed by atoms with Crippen LogP contribution in [-0.4, -0.2) is 12.4 Å². The van der Waals surface area contributed by atoms with Crippen molar-refractivity contribution in [1.82, 2.24) is 5.32 Å². The molecule has 2 aromatic rings. The molecule has 0 saturated carbocycles. The minimum Gasteiger partial charge on any atom is -0.445 e. The Kier molecular flexibility index (Phi) is 6.85. The van der Waals surface area contributed by atoms with E-state index in [9.17, 15) is 9.59 Å². The molecular weight excluding hydrogens is 290 g/mol. The third kappa shape index (κ3) is 5.94. The maximum Gasteiger partial charge on any atom is 0.407 e. The molecule has 0 aliphatic carbocycles. The number of ether oxygens (including phenoxy) is 1. The lowest BCUT2D eigenvalue weighted by Crippen LogP contribution is -2.29. The average molecular weight is 311 g/mol. The van der Waals surface area contributed by atoms with Crippen LogP contribution in [0, 0.1) is 0 Å². The largest absolute Gasteiger partial charge is 0.445 e. The molecule has 0 fully saturated rings. The van der Waals surface area contributed by atoms with E-state index in [1.54, 1.807) is 0 Å². The Morgan fingerprint density at radius 1 is 1.04 bits per heavy atom. The molecule has 2 rings (SSSR count). The zero-order chi connectivity index (χ0) is 16.3. The van der Waals surface area contributed by atoms with Gasteiger partial charge in [0.05, 0.1) is 6.04 Å². The van der Waals surface area contributed by atoms with Gasteiger partial charge in [-0.05, 0) is 24.0 Å². The highest BCUT2D eigenvalue weighted by Crippen LogP contribution is 2.19. The van der Waals surface area contributed by atoms with Crippen molar-refractivity contribution >= 4 is 12.4 Å². The molecule has 23 heavy (non-hydrogen) atoms. The van der Waals surface area contributed by atoms with E-state index in [1.165, 1.54) is 0 Å². The summed E-state index contributed by atoms with van der Waals surface area (Å²) < 4.78 is 5.27. The molecule has 0 aromatic heterocycles. The summed E-state index contributed by atoms with van der Waals surface area (Å²) in [7, 11) is 0. The number of aldehydes is 1. The monoisotopic (exact) mass is 311 g/mol. The number of benzene rings is 2. The highest BCUT2D eigenvalue weighted by molar-refractivity contribution is 5.68. The Morgan fingerprint density at radius 3 is 2.35 bits per heavy atom. The van der Waals surface area contributed by atoms with E-state index < -0.39 is 6.09 Å². The van der Waals surface area contributed by atoms with Crippen molar-refractivity contribution in [3.63, 3.8) is 0 Å². The van der Waals surface area contributed by atoms with Gasteiger partial charge in [0.1, 0.15) is 12.9 Å². The number of carbonyl (C=O) groups excluding carboxylic acids is 2. The number of rotatable bonds is 8. The second-order valence-electron chi connectivity index (χ2n) is 5.27. The third-order valence-electron chi connectivity index (χ3n) is 3.52. The summed E-state index contributed by atoms with van der Waals surface area (Å²) in [6, 6.07) is 19.1. The Labute approximate surface area is 136 Å². The summed E-state index contributed by atoms with van der Waals surface area (Å²) in [5.41, 5.74) is 1.95. The topological polar surface area (TPSA) is 55.4 Å². The van der Waals surface area contributed by atoms with Crippen LogP contribution < -0.4 is 5.32 Å². The fourth-order valence-electron chi connectivity index (χ4n) is 2.32. The minimum absolute atomic E-state index is 0.153. The molecule has 0 heterocycles. The Morgan fingerprint density at radius 2 is 1.70 bits per heavy atom. The van der Waals surface area contributed by atoms with Gasteiger partial charge in [0.25, 0.3) is 0 Å². The molecule has 0 aliphatic heterocycles. The van der Waals surface area contributed by atoms with Gasteiger partial charge in [-0.1, -0.05) is 60.7 Å². The summed E-state index contributed by atoms with van der Waals surface area (Å²) in [6.07, 6.45) is 2.36. The number of alkyl carbamates (subject to hydrolysis) is 1. The fourth-order valence-corrected chi connectivity index (χ4v) is 2.32. The molecule has 0 radical (unpaired) electrons. The van der Waals surface area contributed by atoms with Gasteiger partial charge in [0, 0.05) is 6.42 Å². The molecule has 1 N–H and O–H groups in total. The molecule has 120 valence electrons. The number of hydrogen-bond acceptors (Lipinski definition) is 3. The fraction of sp³-hybridized carbons (Fsp3) is 0.263. The number of amides is 1. The second kappa shape index (κ2) is 9.41. The van der Waals surface area contributed by atoms with Crippen molar-refractivity contribution in [3.8, 4) is 0 Å². The normalized spacial score (nSPS) is 11.5. The van der Waals surface area contributed by atoms with Gasteiger partial charge in [0.15, 0.2) is 0 Å². The van der Waals surface area contributed by atoms with Crippen LogP contribution in [0.2, 0.25) is 0 Å². The zero-order valence-corrected chi connectivity index (χ0v) is 13.0. The molecule has 0 aliphatic rings. The SMILES string of the molecule is O=CCCCC(NC(=O)OCc1ccccc1)c1ccccc1. The van der Waals surface area contributed by atoms with E-state index in [2.05, 4.69) is 5.32 Å². The van der Waals surface area contributed by atoms with Gasteiger partial charge in [-0.2, -0.15) is 0 Å². The lowest BCUT2D eigenvalue weighted by atomic mass is 10.0. The molecule has 0 bridgehead atoms. The van der Waals surface area contributed by atoms with Crippen molar-refractivity contribution in [3.05, 3.63) is 71.8 Å². The van der Waals surface area contributed by atoms with Crippen molar-refractivity contribution in [2.75, 3.05) is 0 Å². The van der Waals surface area contributed by atoms with Crippen LogP contribution in [0.3, 0.4) is 0 Å². The average Bonchev–Trinajstić information content (AvgIpc) is 2.61. The smallest absolute Gasteiger partial charge is 0.407 e. The summed E-state index contributed by atoms with van der Waals surface area (Å²) in [4.78, 5) is 22.5. The Balaban J connectivity index is 1.90. The van der Waals surface area contributed by atoms with E-state index >= 15 is 0 Å². The van der Waals surface area contributed by atoms with E-state index in [0.717, 1.165) is 23.8 Å². The van der Waals surface area contributed by atoms with Crippen molar-refractivity contribution < 1.29 is 14.3 Å². The first-order chi connectivity index (χ1) is 11.3. The maximum atomic E-state index is 12.0. The lowest BCUT2D eigenvalue weighted by molar-refractivity contribution is -0.107. The van der Waals surface area contributed by atoms with Crippen molar-refractivity contribution in [2.24, 2.45) is 0 Å². The predicted octanol–water partition coefficient (Wildman–Crippen LogP) is 4.02. The van der Waals surface area contributed by atoms with Gasteiger partial charge < -0.3 is 14.8 Å². The molecule has 2 aromatic carbocycles. The van der Waals surface area contributed by atoms with Crippen LogP contribution in [0.1, 0.15) is 36.4 Å². The van der Waals surface area contributed by atoms with E-state index in [0.29, 0.717) is 12.8 Å². The minimum atomic E-state index is -0.450. The van der Waals surface area contributed by atoms with Crippen molar-refractivity contribution in [1.29, 1.82) is 0 Å². The molecule has 1 unspecified atom stereocenters. The molecular formula is C19H21NO3. The molecule has 4 nitrogen and oxygen atoms in total. The number of nitrogens with one attached hydrogen (secondary N) is 1. The van der Waals surface area contributed by atoms with Crippen LogP contribution in [0.15, 0.2) is 60.7 Å². The van der Waals surface area contributed by atoms with E-state index in [1.807, 2.05) is 60.7 Å². The lowest BCUT2D eigenvalue weighted by Gasteiger charge is -2.18. The predicted molar refractivity (Wildman–Crippen MR) is 88.9 cm³/mol. The first kappa shape index (κ1) is 16.7. The standard InChI is InChI=1S/C19H21NO3/c21-14-8-7-13-18(17-11-5-2-6-12-17)20-19(22)23-15-16-9-3-1-4-10-16/h1-6,9-12,14,18H,7-8,13,15H2,(H,20,22). The van der Waals surface area contributed by atoms with Crippen molar-refractivity contribution in [2.45, 2.75) is 31.9 Å². The van der Waals surface area contributed by atoms with Gasteiger partial charge in [-0.3, -0.25) is 0 Å². The number of hydrogen-bond donors (Lipinski definition) is 1. The zero-order valence-electron chi connectivity index (χ0n) is 13.0. The number of unbranched alkanes of at least 4 members (excludes halogenated alkanes) is 1. The van der Waals surface area contributed by atoms with Crippen LogP contribution in [0.4, 0.5) is 4.79 Å². The number of carbonyl (C=O) groups is 2. The van der Waals surface area contributed by atoms with Gasteiger partial charge in [0.2, 0.25) is 0 Å². The molecule has 0 saturated heterocycles. The summed E-state index contributed by atoms with van der Waals surface area (Å²) in [6.45, 7) is 0.239. The summed E-state index contributed by atoms with van der Waals surface area (Å²) in [5, 5.41) is 2.89. The summed E-state index contributed by atoms with van der Waals surface area (Å²) in [5.74, 6) is 0. The Bertz CT molecular complexity index is 599. The quantitative estimate of drug-likeness (QED) is 0.591.